The number of piperazine rings is 1. The molecule has 2 aliphatic rings. The maximum Gasteiger partial charge on any atom is 0.339 e. The molecule has 8 heteroatoms. The number of nitrogen functional groups attached to an aromatic ring is 1. The molecule has 2 aromatic carbocycles. The van der Waals surface area contributed by atoms with Gasteiger partial charge in [0.25, 0.3) is 0 Å². The first-order valence-corrected chi connectivity index (χ1v) is 15.1. The maximum absolute atomic E-state index is 12.0. The summed E-state index contributed by atoms with van der Waals surface area (Å²) in [7, 11) is 0. The first-order chi connectivity index (χ1) is 20.0. The highest BCUT2D eigenvalue weighted by Crippen LogP contribution is 2.43. The molecule has 0 unspecified atom stereocenters. The quantitative estimate of drug-likeness (QED) is 0.278. The number of carbonyl (C=O) groups is 1. The van der Waals surface area contributed by atoms with Crippen LogP contribution in [0.3, 0.4) is 0 Å². The molecule has 0 saturated carbocycles. The molecule has 7 nitrogen and oxygen atoms in total. The molecule has 1 fully saturated rings. The van der Waals surface area contributed by atoms with Gasteiger partial charge < -0.3 is 20.5 Å². The second-order valence-corrected chi connectivity index (χ2v) is 13.0. The van der Waals surface area contributed by atoms with Gasteiger partial charge in [-0.3, -0.25) is 4.90 Å². The van der Waals surface area contributed by atoms with Crippen molar-refractivity contribution in [3.05, 3.63) is 82.0 Å². The number of ether oxygens (including phenoxy) is 1. The van der Waals surface area contributed by atoms with E-state index in [-0.39, 0.29) is 16.9 Å². The van der Waals surface area contributed by atoms with Gasteiger partial charge >= 0.3 is 5.97 Å². The molecule has 2 heterocycles. The van der Waals surface area contributed by atoms with Crippen molar-refractivity contribution in [2.45, 2.75) is 52.9 Å². The molecule has 0 spiro atoms. The molecule has 0 bridgehead atoms. The highest BCUT2D eigenvalue weighted by Gasteiger charge is 2.29. The van der Waals surface area contributed by atoms with Crippen LogP contribution in [-0.4, -0.2) is 53.7 Å². The molecule has 0 atom stereocenters. The standard InChI is InChI=1S/C34H41ClN4O3/c1-22(2)29-18-27(20-37-32(29)36)42-31-17-26(9-10-28(31)33(40)41)39-15-13-38(14-16-39)21-24-11-12-34(3,4)19-30(24)23-5-7-25(35)8-6-23/h5-10,17-18,20,22H,11-16,19,21H2,1-4H3,(H2,36,37)(H,40,41). The van der Waals surface area contributed by atoms with Gasteiger partial charge in [-0.15, -0.1) is 0 Å². The fourth-order valence-electron chi connectivity index (χ4n) is 5.98. The molecule has 1 aliphatic heterocycles. The van der Waals surface area contributed by atoms with Crippen LogP contribution in [0.4, 0.5) is 11.5 Å². The third-order valence-corrected chi connectivity index (χ3v) is 8.75. The average Bonchev–Trinajstić information content (AvgIpc) is 2.95. The summed E-state index contributed by atoms with van der Waals surface area (Å²) in [6.07, 6.45) is 4.92. The van der Waals surface area contributed by atoms with Crippen molar-refractivity contribution in [3.63, 3.8) is 0 Å². The molecule has 0 amide bonds. The van der Waals surface area contributed by atoms with Crippen LogP contribution in [0, 0.1) is 5.41 Å². The van der Waals surface area contributed by atoms with Crippen LogP contribution in [0.15, 0.2) is 60.3 Å². The number of aromatic nitrogens is 1. The Morgan fingerprint density at radius 2 is 1.81 bits per heavy atom. The van der Waals surface area contributed by atoms with E-state index in [1.165, 1.54) is 29.3 Å². The van der Waals surface area contributed by atoms with Crippen molar-refractivity contribution in [3.8, 4) is 11.5 Å². The van der Waals surface area contributed by atoms with Gasteiger partial charge in [0.1, 0.15) is 22.9 Å². The van der Waals surface area contributed by atoms with E-state index in [2.05, 4.69) is 40.8 Å². The number of halogens is 1. The van der Waals surface area contributed by atoms with Gasteiger partial charge in [0.15, 0.2) is 0 Å². The Hall–Kier alpha value is -3.55. The number of allylic oxidation sites excluding steroid dienone is 1. The zero-order chi connectivity index (χ0) is 30.0. The molecular weight excluding hydrogens is 548 g/mol. The number of benzene rings is 2. The lowest BCUT2D eigenvalue weighted by atomic mass is 9.72. The first kappa shape index (κ1) is 29.9. The summed E-state index contributed by atoms with van der Waals surface area (Å²) in [5.41, 5.74) is 12.5. The van der Waals surface area contributed by atoms with Crippen LogP contribution < -0.4 is 15.4 Å². The van der Waals surface area contributed by atoms with E-state index in [4.69, 9.17) is 22.1 Å². The smallest absolute Gasteiger partial charge is 0.339 e. The summed E-state index contributed by atoms with van der Waals surface area (Å²) in [4.78, 5) is 21.1. The number of aromatic carboxylic acids is 1. The number of pyridine rings is 1. The predicted molar refractivity (Wildman–Crippen MR) is 171 cm³/mol. The minimum absolute atomic E-state index is 0.113. The zero-order valence-electron chi connectivity index (χ0n) is 25.0. The highest BCUT2D eigenvalue weighted by atomic mass is 35.5. The number of nitrogens with two attached hydrogens (primary N) is 1. The molecular formula is C34H41ClN4O3. The van der Waals surface area contributed by atoms with Gasteiger partial charge in [0.05, 0.1) is 6.20 Å². The first-order valence-electron chi connectivity index (χ1n) is 14.7. The lowest BCUT2D eigenvalue weighted by Gasteiger charge is -2.39. The van der Waals surface area contributed by atoms with E-state index in [1.807, 2.05) is 44.2 Å². The van der Waals surface area contributed by atoms with Crippen LogP contribution in [-0.2, 0) is 0 Å². The third-order valence-electron chi connectivity index (χ3n) is 8.50. The van der Waals surface area contributed by atoms with Gasteiger partial charge in [-0.05, 0) is 72.1 Å². The van der Waals surface area contributed by atoms with E-state index in [0.717, 1.165) is 61.8 Å². The summed E-state index contributed by atoms with van der Waals surface area (Å²) in [5.74, 6) is 0.356. The van der Waals surface area contributed by atoms with Gasteiger partial charge in [0, 0.05) is 55.1 Å². The Labute approximate surface area is 254 Å². The van der Waals surface area contributed by atoms with Crippen molar-refractivity contribution >= 4 is 34.6 Å². The number of carboxylic acid groups (broad SMARTS) is 1. The molecule has 1 aliphatic carbocycles. The number of carboxylic acids is 1. The molecule has 0 radical (unpaired) electrons. The van der Waals surface area contributed by atoms with E-state index in [0.29, 0.717) is 17.3 Å². The van der Waals surface area contributed by atoms with Crippen LogP contribution in [0.2, 0.25) is 5.02 Å². The third kappa shape index (κ3) is 6.90. The van der Waals surface area contributed by atoms with Crippen LogP contribution in [0.25, 0.3) is 5.57 Å². The summed E-state index contributed by atoms with van der Waals surface area (Å²) < 4.78 is 6.10. The molecule has 3 N–H and O–H groups in total. The molecule has 1 saturated heterocycles. The lowest BCUT2D eigenvalue weighted by molar-refractivity contribution is 0.0694. The van der Waals surface area contributed by atoms with Gasteiger partial charge in [0.2, 0.25) is 0 Å². The number of anilines is 2. The van der Waals surface area contributed by atoms with E-state index in [9.17, 15) is 9.90 Å². The Balaban J connectivity index is 1.30. The molecule has 1 aromatic heterocycles. The van der Waals surface area contributed by atoms with Crippen molar-refractivity contribution in [1.82, 2.24) is 9.88 Å². The van der Waals surface area contributed by atoms with Gasteiger partial charge in [-0.1, -0.05) is 57.0 Å². The highest BCUT2D eigenvalue weighted by molar-refractivity contribution is 6.30. The molecule has 5 rings (SSSR count). The number of hydrogen-bond donors (Lipinski definition) is 2. The average molecular weight is 589 g/mol. The van der Waals surface area contributed by atoms with E-state index < -0.39 is 5.97 Å². The second-order valence-electron chi connectivity index (χ2n) is 12.6. The number of nitrogens with zero attached hydrogens (tertiary/aromatic N) is 3. The second kappa shape index (κ2) is 12.4. The minimum atomic E-state index is -1.03. The van der Waals surface area contributed by atoms with Crippen molar-refractivity contribution in [1.29, 1.82) is 0 Å². The lowest BCUT2D eigenvalue weighted by Crippen LogP contribution is -2.47. The van der Waals surface area contributed by atoms with Gasteiger partial charge in [-0.2, -0.15) is 0 Å². The summed E-state index contributed by atoms with van der Waals surface area (Å²) in [6.45, 7) is 13.3. The Bertz CT molecular complexity index is 1470. The molecule has 3 aromatic rings. The van der Waals surface area contributed by atoms with Crippen molar-refractivity contribution < 1.29 is 14.6 Å². The van der Waals surface area contributed by atoms with Crippen LogP contribution in [0.5, 0.6) is 11.5 Å². The fourth-order valence-corrected chi connectivity index (χ4v) is 6.11. The number of rotatable bonds is 8. The Morgan fingerprint density at radius 3 is 2.48 bits per heavy atom. The Kier molecular flexibility index (Phi) is 8.81. The molecule has 222 valence electrons. The van der Waals surface area contributed by atoms with Crippen LogP contribution in [0.1, 0.15) is 74.4 Å². The maximum atomic E-state index is 12.0. The normalized spacial score (nSPS) is 17.5. The van der Waals surface area contributed by atoms with Crippen molar-refractivity contribution in [2.75, 3.05) is 43.4 Å². The van der Waals surface area contributed by atoms with Crippen LogP contribution >= 0.6 is 11.6 Å². The summed E-state index contributed by atoms with van der Waals surface area (Å²) >= 11 is 6.19. The Morgan fingerprint density at radius 1 is 1.10 bits per heavy atom. The van der Waals surface area contributed by atoms with Crippen molar-refractivity contribution in [2.24, 2.45) is 5.41 Å². The largest absolute Gasteiger partial charge is 0.478 e. The summed E-state index contributed by atoms with van der Waals surface area (Å²) in [6, 6.07) is 15.4. The number of hydrogen-bond acceptors (Lipinski definition) is 6. The van der Waals surface area contributed by atoms with E-state index >= 15 is 0 Å². The predicted octanol–water partition coefficient (Wildman–Crippen LogP) is 7.72. The SMILES string of the molecule is CC(C)c1cc(Oc2cc(N3CCN(CC4=C(c5ccc(Cl)cc5)CC(C)(C)CC4)CC3)ccc2C(=O)O)cnc1N. The minimum Gasteiger partial charge on any atom is -0.478 e. The zero-order valence-corrected chi connectivity index (χ0v) is 25.7. The summed E-state index contributed by atoms with van der Waals surface area (Å²) in [5, 5.41) is 10.6. The van der Waals surface area contributed by atoms with E-state index in [1.54, 1.807) is 6.07 Å². The van der Waals surface area contributed by atoms with Gasteiger partial charge in [-0.25, -0.2) is 9.78 Å². The monoisotopic (exact) mass is 588 g/mol. The molecule has 42 heavy (non-hydrogen) atoms. The fraction of sp³-hybridized carbons (Fsp3) is 0.412. The topological polar surface area (TPSA) is 91.9 Å².